The van der Waals surface area contributed by atoms with Crippen molar-refractivity contribution in [2.24, 2.45) is 10.8 Å². The average molecular weight is 1280 g/mol. The van der Waals surface area contributed by atoms with E-state index in [1.165, 1.54) is 20.6 Å². The van der Waals surface area contributed by atoms with Crippen molar-refractivity contribution in [3.63, 3.8) is 0 Å². The Kier molecular flexibility index (Phi) is 43.2. The average Bonchev–Trinajstić information content (AvgIpc) is 3.28. The second-order valence-electron chi connectivity index (χ2n) is 18.2. The van der Waals surface area contributed by atoms with Crippen molar-refractivity contribution < 1.29 is 105 Å². The van der Waals surface area contributed by atoms with Crippen LogP contribution in [0.3, 0.4) is 0 Å². The van der Waals surface area contributed by atoms with E-state index < -0.39 is 90.8 Å². The monoisotopic (exact) mass is 1280 g/mol. The first-order valence-electron chi connectivity index (χ1n) is 23.3. The number of nitrogens with one attached hydrogen (secondary N) is 6. The number of carbonyl (C=O) groups excluding carboxylic acids is 8. The van der Waals surface area contributed by atoms with Crippen molar-refractivity contribution in [2.75, 3.05) is 122 Å². The molecule has 1 aliphatic rings. The summed E-state index contributed by atoms with van der Waals surface area (Å²) in [6.07, 6.45) is 0.213. The van der Waals surface area contributed by atoms with Crippen LogP contribution in [-0.2, 0) is 44.8 Å². The fourth-order valence-corrected chi connectivity index (χ4v) is 9.66. The molecule has 0 saturated carbocycles. The van der Waals surface area contributed by atoms with Crippen LogP contribution < -0.4 is 52.3 Å². The molecule has 1 aliphatic heterocycles. The van der Waals surface area contributed by atoms with E-state index >= 15 is 0 Å². The number of carboxylic acid groups (broad SMARTS) is 4. The molecule has 4 amide bonds. The number of thiocarbonyl (C=S) groups is 1. The minimum absolute atomic E-state index is 0. The Morgan fingerprint density at radius 3 is 1.64 bits per heavy atom. The Labute approximate surface area is 497 Å². The molecule has 3 atom stereocenters. The van der Waals surface area contributed by atoms with Crippen LogP contribution in [0.4, 0.5) is 5.69 Å². The first-order chi connectivity index (χ1) is 33.4. The van der Waals surface area contributed by atoms with Crippen LogP contribution in [0.1, 0.15) is 84.2 Å². The first kappa shape index (κ1) is 79.0. The molecular formula is C49H88GdN10O13S3-. The van der Waals surface area contributed by atoms with E-state index in [1.807, 2.05) is 19.1 Å². The summed E-state index contributed by atoms with van der Waals surface area (Å²) >= 11 is 5.46. The van der Waals surface area contributed by atoms with Gasteiger partial charge in [0.05, 0.1) is 43.1 Å². The molecule has 1 aromatic carbocycles. The fraction of sp³-hybridized carbons (Fsp3) is 0.694. The molecule has 23 nitrogen and oxygen atoms in total. The molecule has 2 rings (SSSR count). The van der Waals surface area contributed by atoms with Crippen LogP contribution in [0.15, 0.2) is 24.3 Å². The summed E-state index contributed by atoms with van der Waals surface area (Å²) in [7, 11) is 3.09. The van der Waals surface area contributed by atoms with Gasteiger partial charge < -0.3 is 76.6 Å². The number of carbonyl (C=O) groups is 8. The van der Waals surface area contributed by atoms with Crippen molar-refractivity contribution in [1.29, 1.82) is 0 Å². The first-order valence-corrected chi connectivity index (χ1v) is 26.2. The second kappa shape index (κ2) is 41.5. The van der Waals surface area contributed by atoms with E-state index in [4.69, 9.17) is 12.2 Å². The van der Waals surface area contributed by atoms with E-state index in [0.29, 0.717) is 41.8 Å². The third-order valence-electron chi connectivity index (χ3n) is 11.5. The van der Waals surface area contributed by atoms with Crippen molar-refractivity contribution >= 4 is 92.1 Å². The summed E-state index contributed by atoms with van der Waals surface area (Å²) < 4.78 is 0. The molecule has 439 valence electrons. The van der Waals surface area contributed by atoms with Crippen LogP contribution in [0, 0.1) is 50.8 Å². The number of hydrogen-bond donors (Lipinski definition) is 7. The number of aliphatic hydroxyl groups excluding tert-OH is 1. The van der Waals surface area contributed by atoms with Gasteiger partial charge in [-0.1, -0.05) is 91.1 Å². The van der Waals surface area contributed by atoms with Crippen LogP contribution in [0.5, 0.6) is 0 Å². The maximum atomic E-state index is 13.0. The van der Waals surface area contributed by atoms with Gasteiger partial charge in [-0.15, -0.1) is 0 Å². The van der Waals surface area contributed by atoms with Crippen molar-refractivity contribution in [1.82, 2.24) is 46.2 Å². The molecule has 1 fully saturated rings. The normalized spacial score (nSPS) is 15.8. The molecule has 0 spiro atoms. The van der Waals surface area contributed by atoms with Crippen LogP contribution in [0.25, 0.3) is 0 Å². The summed E-state index contributed by atoms with van der Waals surface area (Å²) in [6.45, 7) is 7.60. The van der Waals surface area contributed by atoms with Gasteiger partial charge in [0, 0.05) is 127 Å². The molecular weight excluding hydrogens is 1190 g/mol. The molecule has 76 heavy (non-hydrogen) atoms. The van der Waals surface area contributed by atoms with Crippen molar-refractivity contribution in [3.8, 4) is 0 Å². The molecule has 1 aromatic rings. The Bertz CT molecular complexity index is 1950. The van der Waals surface area contributed by atoms with Crippen LogP contribution in [-0.4, -0.2) is 206 Å². The molecule has 1 saturated heterocycles. The van der Waals surface area contributed by atoms with Gasteiger partial charge in [-0.25, -0.2) is 0 Å². The topological polar surface area (TPSA) is 334 Å². The Hall–Kier alpha value is -3.51. The minimum Gasteiger partial charge on any atom is -0.549 e. The third-order valence-corrected chi connectivity index (χ3v) is 14.1. The summed E-state index contributed by atoms with van der Waals surface area (Å²) in [6, 6.07) is 6.58. The largest absolute Gasteiger partial charge is 3.00 e. The summed E-state index contributed by atoms with van der Waals surface area (Å²) in [5.41, 5.74) is -0.434. The third kappa shape index (κ3) is 33.7. The van der Waals surface area contributed by atoms with Gasteiger partial charge in [0.15, 0.2) is 5.11 Å². The Morgan fingerprint density at radius 1 is 0.684 bits per heavy atom. The molecule has 3 unspecified atom stereocenters. The Morgan fingerprint density at radius 2 is 1.14 bits per heavy atom. The number of aliphatic carboxylic acids is 4. The molecule has 7 N–H and O–H groups in total. The molecule has 27 heteroatoms. The van der Waals surface area contributed by atoms with Gasteiger partial charge in [-0.3, -0.25) is 38.8 Å². The van der Waals surface area contributed by atoms with E-state index in [2.05, 4.69) is 31.9 Å². The standard InChI is InChI=1S/C45H74N10O13S3.4CH4.Gd.H2/c1-6-45(5,42(68)49-22-31(2)56)30-44(3,4)41(67)50-24-36(58)48-23-35(57)46-11-19-70-71-20-12-47-43(69)51-33-9-7-32(8-10-33)21-34-25-54(28-39(63)64)16-15-52(26-37(59)60)13-14-53(27-38(61)62)17-18-55(34)29-40(65)66;;;;;;/h7-10,31,34,56H,6,11-30H2,1-5H3,(H,46,57)(H,48,58)(H,49,68)(H,50,67)(H,59,60)(H,61,62)(H,63,64)(H,65,66)(H2,47,51,69);4*1H4;;1H/q;;;;;+3;/p-4. The zero-order chi connectivity index (χ0) is 53.1. The van der Waals surface area contributed by atoms with Gasteiger partial charge in [0.25, 0.3) is 0 Å². The smallest absolute Gasteiger partial charge is 0.549 e. The van der Waals surface area contributed by atoms with E-state index in [0.717, 1.165) is 5.56 Å². The summed E-state index contributed by atoms with van der Waals surface area (Å²) in [5.74, 6) is -5.84. The summed E-state index contributed by atoms with van der Waals surface area (Å²) in [5, 5.41) is 73.3. The van der Waals surface area contributed by atoms with Gasteiger partial charge in [-0.05, 0) is 56.1 Å². The minimum atomic E-state index is -1.38. The number of hydrogen-bond acceptors (Lipinski definition) is 20. The van der Waals surface area contributed by atoms with Crippen LogP contribution in [0.2, 0.25) is 0 Å². The van der Waals surface area contributed by atoms with Crippen molar-refractivity contribution in [3.05, 3.63) is 29.8 Å². The predicted octanol–water partition coefficient (Wildman–Crippen LogP) is -3.04. The number of rotatable bonds is 29. The van der Waals surface area contributed by atoms with E-state index in [-0.39, 0.29) is 155 Å². The zero-order valence-corrected chi connectivity index (χ0v) is 46.2. The van der Waals surface area contributed by atoms with Crippen LogP contribution >= 0.6 is 33.8 Å². The van der Waals surface area contributed by atoms with E-state index in [1.54, 1.807) is 60.4 Å². The predicted molar refractivity (Wildman–Crippen MR) is 294 cm³/mol. The number of aliphatic hydroxyl groups is 1. The SMILES string of the molecule is C.C.C.C.CCC(C)(CC(C)(C)C(=O)NCC(=O)NCC(=O)NCCSSCCNC(=S)Nc1ccc(CC2CN(CC(=O)[O-])CCN(CC(=O)[O-])CCN(CC(=O)[O-])CCN2CC(=O)[O-])cc1)C(=O)NCC(C)O.[Gd+3].[HH]. The van der Waals surface area contributed by atoms with E-state index in [9.17, 15) is 63.9 Å². The number of benzene rings is 1. The van der Waals surface area contributed by atoms with Gasteiger partial charge in [0.2, 0.25) is 23.6 Å². The van der Waals surface area contributed by atoms with Crippen molar-refractivity contribution in [2.45, 2.75) is 95.7 Å². The number of anilines is 1. The van der Waals surface area contributed by atoms with Gasteiger partial charge in [-0.2, -0.15) is 0 Å². The number of nitrogens with zero attached hydrogens (tertiary/aromatic N) is 4. The molecule has 0 aliphatic carbocycles. The maximum Gasteiger partial charge on any atom is 3.00 e. The zero-order valence-electron chi connectivity index (χ0n) is 41.5. The number of amides is 4. The molecule has 1 heterocycles. The summed E-state index contributed by atoms with van der Waals surface area (Å²) in [4.78, 5) is 103. The second-order valence-corrected chi connectivity index (χ2v) is 21.3. The van der Waals surface area contributed by atoms with Gasteiger partial charge in [0.1, 0.15) is 0 Å². The molecule has 0 aromatic heterocycles. The van der Waals surface area contributed by atoms with Gasteiger partial charge >= 0.3 is 39.9 Å². The number of carboxylic acids is 4. The maximum absolute atomic E-state index is 13.0. The fourth-order valence-electron chi connectivity index (χ4n) is 7.63. The molecule has 1 radical (unpaired) electrons. The Balaban J connectivity index is -0.00000288. The molecule has 0 bridgehead atoms. The quantitative estimate of drug-likeness (QED) is 0.0238.